The Labute approximate surface area is 167 Å². The molecule has 3 rings (SSSR count). The van der Waals surface area contributed by atoms with Crippen LogP contribution in [-0.2, 0) is 19.6 Å². The van der Waals surface area contributed by atoms with Crippen molar-refractivity contribution in [1.82, 2.24) is 9.62 Å². The van der Waals surface area contributed by atoms with Crippen LogP contribution in [0, 0.1) is 5.92 Å². The minimum Gasteiger partial charge on any atom is -0.379 e. The van der Waals surface area contributed by atoms with E-state index in [-0.39, 0.29) is 16.7 Å². The number of morpholine rings is 1. The molecule has 1 heterocycles. The van der Waals surface area contributed by atoms with Crippen molar-refractivity contribution in [3.05, 3.63) is 24.3 Å². The van der Waals surface area contributed by atoms with Crippen LogP contribution in [0.4, 0.5) is 5.69 Å². The highest BCUT2D eigenvalue weighted by atomic mass is 32.2. The highest BCUT2D eigenvalue weighted by Gasteiger charge is 2.21. The van der Waals surface area contributed by atoms with Crippen molar-refractivity contribution >= 4 is 21.6 Å². The van der Waals surface area contributed by atoms with Gasteiger partial charge >= 0.3 is 0 Å². The number of hydrogen-bond acceptors (Lipinski definition) is 5. The molecule has 0 aromatic heterocycles. The Hall–Kier alpha value is -1.48. The second-order valence-corrected chi connectivity index (χ2v) is 9.32. The lowest BCUT2D eigenvalue weighted by Crippen LogP contribution is -2.38. The molecular formula is C20H31N3O4S. The Balaban J connectivity index is 1.45. The van der Waals surface area contributed by atoms with Crippen molar-refractivity contribution in [3.8, 4) is 0 Å². The van der Waals surface area contributed by atoms with Crippen molar-refractivity contribution in [3.63, 3.8) is 0 Å². The lowest BCUT2D eigenvalue weighted by atomic mass is 9.88. The van der Waals surface area contributed by atoms with E-state index >= 15 is 0 Å². The molecule has 2 fully saturated rings. The molecule has 8 heteroatoms. The number of hydrogen-bond donors (Lipinski definition) is 2. The summed E-state index contributed by atoms with van der Waals surface area (Å²) in [4.78, 5) is 14.8. The summed E-state index contributed by atoms with van der Waals surface area (Å²) in [6.07, 6.45) is 6.04. The zero-order chi connectivity index (χ0) is 19.8. The van der Waals surface area contributed by atoms with E-state index in [4.69, 9.17) is 4.74 Å². The van der Waals surface area contributed by atoms with Gasteiger partial charge in [-0.1, -0.05) is 19.3 Å². The van der Waals surface area contributed by atoms with Crippen LogP contribution in [0.5, 0.6) is 0 Å². The molecular weight excluding hydrogens is 378 g/mol. The fourth-order valence-corrected chi connectivity index (χ4v) is 4.82. The molecule has 1 saturated carbocycles. The first-order valence-corrected chi connectivity index (χ1v) is 11.7. The zero-order valence-corrected chi connectivity index (χ0v) is 17.2. The Morgan fingerprint density at radius 2 is 1.75 bits per heavy atom. The number of anilines is 1. The van der Waals surface area contributed by atoms with Gasteiger partial charge in [0.2, 0.25) is 15.9 Å². The third kappa shape index (κ3) is 6.27. The van der Waals surface area contributed by atoms with Crippen LogP contribution in [0.1, 0.15) is 38.5 Å². The molecule has 2 N–H and O–H groups in total. The molecule has 0 spiro atoms. The lowest BCUT2D eigenvalue weighted by Gasteiger charge is -2.26. The van der Waals surface area contributed by atoms with Gasteiger partial charge in [0, 0.05) is 31.2 Å². The number of nitrogens with one attached hydrogen (secondary N) is 2. The van der Waals surface area contributed by atoms with E-state index in [1.165, 1.54) is 6.42 Å². The van der Waals surface area contributed by atoms with E-state index in [2.05, 4.69) is 14.9 Å². The Kier molecular flexibility index (Phi) is 7.84. The summed E-state index contributed by atoms with van der Waals surface area (Å²) in [6, 6.07) is 6.40. The van der Waals surface area contributed by atoms with Gasteiger partial charge in [0.05, 0.1) is 18.1 Å². The van der Waals surface area contributed by atoms with Crippen molar-refractivity contribution in [2.75, 3.05) is 44.7 Å². The van der Waals surface area contributed by atoms with Crippen molar-refractivity contribution < 1.29 is 17.9 Å². The summed E-state index contributed by atoms with van der Waals surface area (Å²) in [5.74, 6) is 0.113. The fraction of sp³-hybridized carbons (Fsp3) is 0.650. The maximum Gasteiger partial charge on any atom is 0.240 e. The number of nitrogens with zero attached hydrogens (tertiary/aromatic N) is 1. The molecule has 2 aliphatic rings. The second kappa shape index (κ2) is 10.3. The predicted octanol–water partition coefficient (Wildman–Crippen LogP) is 2.21. The maximum absolute atomic E-state index is 12.4. The molecule has 1 aliphatic heterocycles. The molecule has 1 saturated heterocycles. The summed E-state index contributed by atoms with van der Waals surface area (Å²) in [5, 5.41) is 2.91. The van der Waals surface area contributed by atoms with Crippen molar-refractivity contribution in [1.29, 1.82) is 0 Å². The van der Waals surface area contributed by atoms with Crippen LogP contribution < -0.4 is 10.0 Å². The number of amides is 1. The van der Waals surface area contributed by atoms with Gasteiger partial charge in [-0.15, -0.1) is 0 Å². The van der Waals surface area contributed by atoms with Gasteiger partial charge in [-0.25, -0.2) is 13.1 Å². The largest absolute Gasteiger partial charge is 0.379 e. The van der Waals surface area contributed by atoms with Crippen LogP contribution in [0.2, 0.25) is 0 Å². The average molecular weight is 410 g/mol. The minimum atomic E-state index is -3.53. The highest BCUT2D eigenvalue weighted by Crippen LogP contribution is 2.25. The third-order valence-corrected chi connectivity index (χ3v) is 6.93. The van der Waals surface area contributed by atoms with Gasteiger partial charge in [-0.2, -0.15) is 0 Å². The normalized spacial score (nSPS) is 19.4. The number of carbonyl (C=O) groups excluding carboxylic acids is 1. The SMILES string of the molecule is O=C(Nc1ccc(S(=O)(=O)NCCCN2CCOCC2)cc1)C1CCCCC1. The highest BCUT2D eigenvalue weighted by molar-refractivity contribution is 7.89. The van der Waals surface area contributed by atoms with E-state index in [1.54, 1.807) is 24.3 Å². The van der Waals surface area contributed by atoms with Gasteiger partial charge in [-0.3, -0.25) is 9.69 Å². The first-order valence-electron chi connectivity index (χ1n) is 10.3. The molecule has 1 aromatic rings. The number of ether oxygens (including phenoxy) is 1. The summed E-state index contributed by atoms with van der Waals surface area (Å²) >= 11 is 0. The Morgan fingerprint density at radius 1 is 1.07 bits per heavy atom. The van der Waals surface area contributed by atoms with Crippen molar-refractivity contribution in [2.45, 2.75) is 43.4 Å². The molecule has 1 amide bonds. The van der Waals surface area contributed by atoms with Crippen LogP contribution in [0.3, 0.4) is 0 Å². The third-order valence-electron chi connectivity index (χ3n) is 5.46. The minimum absolute atomic E-state index is 0.0385. The lowest BCUT2D eigenvalue weighted by molar-refractivity contribution is -0.120. The van der Waals surface area contributed by atoms with Gasteiger partial charge in [0.1, 0.15) is 0 Å². The molecule has 7 nitrogen and oxygen atoms in total. The van der Waals surface area contributed by atoms with E-state index in [0.717, 1.165) is 65.0 Å². The topological polar surface area (TPSA) is 87.7 Å². The van der Waals surface area contributed by atoms with Crippen LogP contribution in [-0.4, -0.2) is 58.6 Å². The number of benzene rings is 1. The van der Waals surface area contributed by atoms with Crippen LogP contribution >= 0.6 is 0 Å². The van der Waals surface area contributed by atoms with Gasteiger partial charge in [0.25, 0.3) is 0 Å². The zero-order valence-electron chi connectivity index (χ0n) is 16.4. The second-order valence-electron chi connectivity index (χ2n) is 7.55. The van der Waals surface area contributed by atoms with Gasteiger partial charge < -0.3 is 10.1 Å². The summed E-state index contributed by atoms with van der Waals surface area (Å²) in [5.41, 5.74) is 0.641. The molecule has 0 radical (unpaired) electrons. The number of rotatable bonds is 8. The molecule has 1 aliphatic carbocycles. The van der Waals surface area contributed by atoms with Crippen LogP contribution in [0.15, 0.2) is 29.2 Å². The molecule has 28 heavy (non-hydrogen) atoms. The standard InChI is InChI=1S/C20H31N3O4S/c24-20(17-5-2-1-3-6-17)22-18-7-9-19(10-8-18)28(25,26)21-11-4-12-23-13-15-27-16-14-23/h7-10,17,21H,1-6,11-16H2,(H,22,24). The van der Waals surface area contributed by atoms with E-state index < -0.39 is 10.0 Å². The molecule has 1 aromatic carbocycles. The van der Waals surface area contributed by atoms with Crippen LogP contribution in [0.25, 0.3) is 0 Å². The van der Waals surface area contributed by atoms with Crippen molar-refractivity contribution in [2.24, 2.45) is 5.92 Å². The number of carbonyl (C=O) groups is 1. The summed E-state index contributed by atoms with van der Waals surface area (Å²) in [7, 11) is -3.53. The maximum atomic E-state index is 12.4. The fourth-order valence-electron chi connectivity index (χ4n) is 3.74. The van der Waals surface area contributed by atoms with E-state index in [0.29, 0.717) is 12.2 Å². The quantitative estimate of drug-likeness (QED) is 0.643. The van der Waals surface area contributed by atoms with E-state index in [9.17, 15) is 13.2 Å². The first-order chi connectivity index (χ1) is 13.5. The molecule has 0 bridgehead atoms. The van der Waals surface area contributed by atoms with E-state index in [1.807, 2.05) is 0 Å². The molecule has 156 valence electrons. The summed E-state index contributed by atoms with van der Waals surface area (Å²) in [6.45, 7) is 4.56. The predicted molar refractivity (Wildman–Crippen MR) is 109 cm³/mol. The smallest absolute Gasteiger partial charge is 0.240 e. The van der Waals surface area contributed by atoms with Gasteiger partial charge in [-0.05, 0) is 50.1 Å². The average Bonchev–Trinajstić information content (AvgIpc) is 2.73. The Bertz CT molecular complexity index is 724. The monoisotopic (exact) mass is 409 g/mol. The number of sulfonamides is 1. The first kappa shape index (κ1) is 21.2. The Morgan fingerprint density at radius 3 is 2.43 bits per heavy atom. The summed E-state index contributed by atoms with van der Waals surface area (Å²) < 4.78 is 32.8. The molecule has 0 unspecified atom stereocenters. The van der Waals surface area contributed by atoms with Gasteiger partial charge in [0.15, 0.2) is 0 Å². The molecule has 0 atom stereocenters.